The summed E-state index contributed by atoms with van der Waals surface area (Å²) in [6.07, 6.45) is 4.79. The number of aromatic nitrogens is 2. The highest BCUT2D eigenvalue weighted by Crippen LogP contribution is 2.33. The van der Waals surface area contributed by atoms with E-state index >= 15 is 0 Å². The first-order valence-corrected chi connectivity index (χ1v) is 11.8. The Morgan fingerprint density at radius 2 is 2.10 bits per heavy atom. The Bertz CT molecular complexity index is 951. The first-order valence-electron chi connectivity index (χ1n) is 9.71. The zero-order valence-electron chi connectivity index (χ0n) is 16.3. The monoisotopic (exact) mass is 446 g/mol. The topological polar surface area (TPSA) is 49.3 Å². The summed E-state index contributed by atoms with van der Waals surface area (Å²) in [6, 6.07) is 10.1. The van der Waals surface area contributed by atoms with Crippen molar-refractivity contribution < 1.29 is 4.79 Å². The summed E-state index contributed by atoms with van der Waals surface area (Å²) in [6.45, 7) is 3.02. The van der Waals surface area contributed by atoms with Crippen LogP contribution >= 0.6 is 34.3 Å². The Kier molecular flexibility index (Phi) is 6.60. The van der Waals surface area contributed by atoms with Crippen molar-refractivity contribution in [2.24, 2.45) is 0 Å². The van der Waals surface area contributed by atoms with Gasteiger partial charge in [0.15, 0.2) is 0 Å². The number of nitrogens with zero attached hydrogens (tertiary/aromatic N) is 4. The molecule has 4 rings (SSSR count). The Balaban J connectivity index is 1.29. The molecular formula is C21H23ClN4OS2. The van der Waals surface area contributed by atoms with Gasteiger partial charge in [-0.3, -0.25) is 9.78 Å². The van der Waals surface area contributed by atoms with Crippen LogP contribution in [0.25, 0.3) is 9.88 Å². The summed E-state index contributed by atoms with van der Waals surface area (Å²) < 4.78 is 0.731. The van der Waals surface area contributed by atoms with E-state index in [1.54, 1.807) is 0 Å². The van der Waals surface area contributed by atoms with Gasteiger partial charge >= 0.3 is 0 Å². The van der Waals surface area contributed by atoms with E-state index < -0.39 is 0 Å². The standard InChI is InChI=1S/C21H23ClN4OS2/c1-25(21(27)17-14-28-20(24-17)18-5-6-19(22)29-18)16-8-12-26(13-9-16)11-7-15-4-2-3-10-23-15/h2-6,10,14,16H,7-9,11-13H2,1H3. The van der Waals surface area contributed by atoms with Crippen molar-refractivity contribution in [2.45, 2.75) is 25.3 Å². The molecule has 0 bridgehead atoms. The van der Waals surface area contributed by atoms with Gasteiger partial charge in [-0.1, -0.05) is 17.7 Å². The van der Waals surface area contributed by atoms with Crippen molar-refractivity contribution in [3.8, 4) is 9.88 Å². The zero-order chi connectivity index (χ0) is 20.2. The van der Waals surface area contributed by atoms with Crippen LogP contribution in [0.4, 0.5) is 0 Å². The quantitative estimate of drug-likeness (QED) is 0.550. The molecule has 29 heavy (non-hydrogen) atoms. The first kappa shape index (κ1) is 20.5. The summed E-state index contributed by atoms with van der Waals surface area (Å²) in [5.74, 6) is 0.00193. The highest BCUT2D eigenvalue weighted by atomic mass is 35.5. The van der Waals surface area contributed by atoms with Crippen molar-refractivity contribution >= 4 is 40.2 Å². The second kappa shape index (κ2) is 9.34. The largest absolute Gasteiger partial charge is 0.337 e. The van der Waals surface area contributed by atoms with Gasteiger partial charge in [-0.15, -0.1) is 22.7 Å². The molecule has 0 saturated carbocycles. The third kappa shape index (κ3) is 5.04. The van der Waals surface area contributed by atoms with E-state index in [2.05, 4.69) is 20.9 Å². The highest BCUT2D eigenvalue weighted by molar-refractivity contribution is 7.23. The predicted octanol–water partition coefficient (Wildman–Crippen LogP) is 4.70. The lowest BCUT2D eigenvalue weighted by atomic mass is 10.0. The Hall–Kier alpha value is -1.80. The fourth-order valence-corrected chi connectivity index (χ4v) is 5.52. The van der Waals surface area contributed by atoms with Gasteiger partial charge in [0.2, 0.25) is 0 Å². The summed E-state index contributed by atoms with van der Waals surface area (Å²) in [4.78, 5) is 27.2. The van der Waals surface area contributed by atoms with Crippen LogP contribution in [0.2, 0.25) is 4.34 Å². The van der Waals surface area contributed by atoms with E-state index in [1.807, 2.05) is 47.8 Å². The molecule has 3 aromatic rings. The third-order valence-electron chi connectivity index (χ3n) is 5.34. The van der Waals surface area contributed by atoms with Gasteiger partial charge in [0, 0.05) is 56.4 Å². The van der Waals surface area contributed by atoms with Gasteiger partial charge < -0.3 is 9.80 Å². The van der Waals surface area contributed by atoms with E-state index in [1.165, 1.54) is 22.7 Å². The van der Waals surface area contributed by atoms with Crippen LogP contribution in [-0.4, -0.2) is 58.4 Å². The number of hydrogen-bond donors (Lipinski definition) is 0. The van der Waals surface area contributed by atoms with E-state index in [4.69, 9.17) is 11.6 Å². The van der Waals surface area contributed by atoms with Gasteiger partial charge in [0.1, 0.15) is 10.7 Å². The summed E-state index contributed by atoms with van der Waals surface area (Å²) in [5.41, 5.74) is 1.66. The number of amides is 1. The molecule has 3 aromatic heterocycles. The fourth-order valence-electron chi connectivity index (χ4n) is 3.61. The number of carbonyl (C=O) groups is 1. The summed E-state index contributed by atoms with van der Waals surface area (Å²) >= 11 is 8.99. The van der Waals surface area contributed by atoms with Crippen molar-refractivity contribution in [1.29, 1.82) is 0 Å². The maximum Gasteiger partial charge on any atom is 0.273 e. The number of likely N-dealkylation sites (tertiary alicyclic amines) is 1. The minimum Gasteiger partial charge on any atom is -0.337 e. The van der Waals surface area contributed by atoms with Crippen LogP contribution in [0, 0.1) is 0 Å². The molecule has 0 spiro atoms. The molecule has 0 aromatic carbocycles. The van der Waals surface area contributed by atoms with Gasteiger partial charge in [-0.05, 0) is 37.1 Å². The number of halogens is 1. The molecule has 0 atom stereocenters. The average Bonchev–Trinajstić information content (AvgIpc) is 3.41. The zero-order valence-corrected chi connectivity index (χ0v) is 18.6. The highest BCUT2D eigenvalue weighted by Gasteiger charge is 2.27. The average molecular weight is 447 g/mol. The van der Waals surface area contributed by atoms with Crippen molar-refractivity contribution in [3.05, 3.63) is 57.6 Å². The SMILES string of the molecule is CN(C(=O)c1csc(-c2ccc(Cl)s2)n1)C1CCN(CCc2ccccn2)CC1. The number of thiazole rings is 1. The molecule has 4 heterocycles. The van der Waals surface area contributed by atoms with Gasteiger partial charge in [-0.2, -0.15) is 0 Å². The van der Waals surface area contributed by atoms with Crippen molar-refractivity contribution in [2.75, 3.05) is 26.7 Å². The first-order chi connectivity index (χ1) is 14.1. The Morgan fingerprint density at radius 1 is 1.28 bits per heavy atom. The maximum absolute atomic E-state index is 12.9. The number of thiophene rings is 1. The third-order valence-corrected chi connectivity index (χ3v) is 7.59. The van der Waals surface area contributed by atoms with Crippen LogP contribution in [-0.2, 0) is 6.42 Å². The normalized spacial score (nSPS) is 15.5. The van der Waals surface area contributed by atoms with E-state index in [-0.39, 0.29) is 11.9 Å². The second-order valence-electron chi connectivity index (χ2n) is 7.20. The van der Waals surface area contributed by atoms with Gasteiger partial charge in [0.05, 0.1) is 9.21 Å². The molecule has 0 N–H and O–H groups in total. The smallest absolute Gasteiger partial charge is 0.273 e. The fraction of sp³-hybridized carbons (Fsp3) is 0.381. The molecule has 0 unspecified atom stereocenters. The minimum atomic E-state index is 0.00193. The lowest BCUT2D eigenvalue weighted by molar-refractivity contribution is 0.0638. The molecule has 1 fully saturated rings. The second-order valence-corrected chi connectivity index (χ2v) is 9.77. The van der Waals surface area contributed by atoms with Crippen LogP contribution in [0.5, 0.6) is 0 Å². The lowest BCUT2D eigenvalue weighted by Gasteiger charge is -2.36. The van der Waals surface area contributed by atoms with Gasteiger partial charge in [-0.25, -0.2) is 4.98 Å². The molecule has 0 radical (unpaired) electrons. The van der Waals surface area contributed by atoms with E-state index in [0.29, 0.717) is 5.69 Å². The Morgan fingerprint density at radius 3 is 2.79 bits per heavy atom. The number of rotatable bonds is 6. The van der Waals surface area contributed by atoms with Crippen LogP contribution in [0.15, 0.2) is 41.9 Å². The number of piperidine rings is 1. The molecule has 8 heteroatoms. The molecular weight excluding hydrogens is 424 g/mol. The van der Waals surface area contributed by atoms with E-state index in [0.717, 1.165) is 58.8 Å². The summed E-state index contributed by atoms with van der Waals surface area (Å²) in [7, 11) is 1.90. The van der Waals surface area contributed by atoms with Crippen LogP contribution < -0.4 is 0 Å². The van der Waals surface area contributed by atoms with Gasteiger partial charge in [0.25, 0.3) is 5.91 Å². The van der Waals surface area contributed by atoms with E-state index in [9.17, 15) is 4.79 Å². The maximum atomic E-state index is 12.9. The van der Waals surface area contributed by atoms with Crippen LogP contribution in [0.3, 0.4) is 0 Å². The molecule has 1 amide bonds. The number of pyridine rings is 1. The number of carbonyl (C=O) groups excluding carboxylic acids is 1. The molecule has 1 aliphatic rings. The predicted molar refractivity (Wildman–Crippen MR) is 120 cm³/mol. The molecule has 152 valence electrons. The van der Waals surface area contributed by atoms with Crippen LogP contribution in [0.1, 0.15) is 29.0 Å². The lowest BCUT2D eigenvalue weighted by Crippen LogP contribution is -2.46. The molecule has 0 aliphatic carbocycles. The van der Waals surface area contributed by atoms with Crippen molar-refractivity contribution in [1.82, 2.24) is 19.8 Å². The summed E-state index contributed by atoms with van der Waals surface area (Å²) in [5, 5.41) is 2.70. The van der Waals surface area contributed by atoms with Crippen molar-refractivity contribution in [3.63, 3.8) is 0 Å². The number of hydrogen-bond acceptors (Lipinski definition) is 6. The molecule has 1 saturated heterocycles. The molecule has 1 aliphatic heterocycles. The molecule has 5 nitrogen and oxygen atoms in total. The minimum absolute atomic E-state index is 0.00193. The Labute approximate surface area is 184 Å².